The number of amides is 1. The van der Waals surface area contributed by atoms with Crippen molar-refractivity contribution in [2.75, 3.05) is 0 Å². The molecule has 3 rings (SSSR count). The molecule has 0 aliphatic heterocycles. The van der Waals surface area contributed by atoms with Crippen LogP contribution in [0.5, 0.6) is 0 Å². The van der Waals surface area contributed by atoms with Gasteiger partial charge in [0.05, 0.1) is 17.5 Å². The summed E-state index contributed by atoms with van der Waals surface area (Å²) in [7, 11) is 1.94. The van der Waals surface area contributed by atoms with Gasteiger partial charge < -0.3 is 4.57 Å². The summed E-state index contributed by atoms with van der Waals surface area (Å²) in [5.41, 5.74) is 5.81. The van der Waals surface area contributed by atoms with E-state index in [0.29, 0.717) is 0 Å². The summed E-state index contributed by atoms with van der Waals surface area (Å²) in [6.45, 7) is 0. The maximum atomic E-state index is 12.2. The number of hydrogen-bond donors (Lipinski definition) is 1. The second kappa shape index (κ2) is 7.40. The topological polar surface area (TPSA) is 59.3 Å². The number of carbonyl (C=O) groups is 1. The molecular formula is C18H24N4O. The lowest BCUT2D eigenvalue weighted by atomic mass is 9.99. The van der Waals surface area contributed by atoms with Crippen LogP contribution in [0, 0.1) is 0 Å². The van der Waals surface area contributed by atoms with Crippen molar-refractivity contribution in [2.24, 2.45) is 12.1 Å². The summed E-state index contributed by atoms with van der Waals surface area (Å²) in [5.74, 6) is 0.666. The molecule has 0 atom stereocenters. The first-order valence-corrected chi connectivity index (χ1v) is 8.48. The van der Waals surface area contributed by atoms with Crippen molar-refractivity contribution < 1.29 is 4.79 Å². The third kappa shape index (κ3) is 3.97. The first-order valence-electron chi connectivity index (χ1n) is 8.48. The van der Waals surface area contributed by atoms with Gasteiger partial charge in [0, 0.05) is 12.8 Å². The van der Waals surface area contributed by atoms with Gasteiger partial charge in [0.1, 0.15) is 5.82 Å². The summed E-state index contributed by atoms with van der Waals surface area (Å²) in [4.78, 5) is 16.7. The Kier molecular flexibility index (Phi) is 5.05. The molecule has 5 nitrogen and oxygen atoms in total. The van der Waals surface area contributed by atoms with E-state index in [0.717, 1.165) is 35.4 Å². The van der Waals surface area contributed by atoms with Crippen molar-refractivity contribution >= 4 is 22.7 Å². The molecule has 2 aromatic rings. The lowest BCUT2D eigenvalue weighted by molar-refractivity contribution is -0.120. The second-order valence-electron chi connectivity index (χ2n) is 6.23. The number of aromatic nitrogens is 2. The first-order chi connectivity index (χ1) is 11.2. The SMILES string of the molecule is Cn1c(CC(=O)NN=C2CCCCCCC2)nc2ccccc21. The van der Waals surface area contributed by atoms with Crippen LogP contribution in [0.3, 0.4) is 0 Å². The Morgan fingerprint density at radius 3 is 2.61 bits per heavy atom. The molecule has 0 radical (unpaired) electrons. The fourth-order valence-corrected chi connectivity index (χ4v) is 3.10. The van der Waals surface area contributed by atoms with Crippen LogP contribution in [0.4, 0.5) is 0 Å². The van der Waals surface area contributed by atoms with E-state index in [1.165, 1.54) is 32.1 Å². The molecule has 0 spiro atoms. The molecule has 1 aromatic heterocycles. The summed E-state index contributed by atoms with van der Waals surface area (Å²) in [6, 6.07) is 7.91. The van der Waals surface area contributed by atoms with Crippen LogP contribution in [-0.2, 0) is 18.3 Å². The Bertz CT molecular complexity index is 707. The van der Waals surface area contributed by atoms with E-state index in [2.05, 4.69) is 15.5 Å². The normalized spacial score (nSPS) is 16.0. The number of benzene rings is 1. The monoisotopic (exact) mass is 312 g/mol. The molecular weight excluding hydrogens is 288 g/mol. The molecule has 1 N–H and O–H groups in total. The Morgan fingerprint density at radius 2 is 1.87 bits per heavy atom. The Balaban J connectivity index is 1.62. The highest BCUT2D eigenvalue weighted by molar-refractivity contribution is 5.87. The summed E-state index contributed by atoms with van der Waals surface area (Å²) in [5, 5.41) is 4.34. The van der Waals surface area contributed by atoms with E-state index in [1.807, 2.05) is 35.9 Å². The van der Waals surface area contributed by atoms with Crippen LogP contribution >= 0.6 is 0 Å². The molecule has 1 saturated carbocycles. The lowest BCUT2D eigenvalue weighted by Gasteiger charge is -2.10. The molecule has 1 aliphatic carbocycles. The van der Waals surface area contributed by atoms with Crippen LogP contribution < -0.4 is 5.43 Å². The van der Waals surface area contributed by atoms with Gasteiger partial charge in [-0.2, -0.15) is 5.10 Å². The zero-order valence-corrected chi connectivity index (χ0v) is 13.7. The average Bonchev–Trinajstić information content (AvgIpc) is 2.83. The summed E-state index contributed by atoms with van der Waals surface area (Å²) in [6.07, 6.45) is 8.49. The Hall–Kier alpha value is -2.17. The minimum Gasteiger partial charge on any atom is -0.331 e. The van der Waals surface area contributed by atoms with E-state index in [9.17, 15) is 4.79 Å². The lowest BCUT2D eigenvalue weighted by Crippen LogP contribution is -2.23. The standard InChI is InChI=1S/C18H24N4O/c1-22-16-12-8-7-11-15(16)19-17(22)13-18(23)21-20-14-9-5-3-2-4-6-10-14/h7-8,11-12H,2-6,9-10,13H2,1H3,(H,21,23). The van der Waals surface area contributed by atoms with E-state index in [4.69, 9.17) is 0 Å². The van der Waals surface area contributed by atoms with E-state index in [1.54, 1.807) is 0 Å². The molecule has 1 fully saturated rings. The number of para-hydroxylation sites is 2. The molecule has 1 amide bonds. The van der Waals surface area contributed by atoms with Crippen LogP contribution in [0.2, 0.25) is 0 Å². The molecule has 1 aliphatic rings. The second-order valence-corrected chi connectivity index (χ2v) is 6.23. The fourth-order valence-electron chi connectivity index (χ4n) is 3.10. The molecule has 122 valence electrons. The van der Waals surface area contributed by atoms with Gasteiger partial charge in [-0.05, 0) is 37.8 Å². The number of nitrogens with one attached hydrogen (secondary N) is 1. The molecule has 0 unspecified atom stereocenters. The molecule has 0 saturated heterocycles. The van der Waals surface area contributed by atoms with Crippen molar-refractivity contribution in [3.8, 4) is 0 Å². The minimum atomic E-state index is -0.0991. The van der Waals surface area contributed by atoms with Gasteiger partial charge in [-0.1, -0.05) is 31.4 Å². The van der Waals surface area contributed by atoms with Crippen LogP contribution in [-0.4, -0.2) is 21.2 Å². The minimum absolute atomic E-state index is 0.0991. The van der Waals surface area contributed by atoms with Crippen molar-refractivity contribution in [1.82, 2.24) is 15.0 Å². The maximum Gasteiger partial charge on any atom is 0.247 e. The predicted molar refractivity (Wildman–Crippen MR) is 92.3 cm³/mol. The van der Waals surface area contributed by atoms with Gasteiger partial charge in [-0.3, -0.25) is 4.79 Å². The highest BCUT2D eigenvalue weighted by Gasteiger charge is 2.12. The fraction of sp³-hybridized carbons (Fsp3) is 0.500. The predicted octanol–water partition coefficient (Wildman–Crippen LogP) is 3.33. The number of hydrazone groups is 1. The van der Waals surface area contributed by atoms with E-state index in [-0.39, 0.29) is 12.3 Å². The van der Waals surface area contributed by atoms with Crippen LogP contribution in [0.15, 0.2) is 29.4 Å². The van der Waals surface area contributed by atoms with E-state index < -0.39 is 0 Å². The number of rotatable bonds is 3. The van der Waals surface area contributed by atoms with Crippen LogP contribution in [0.1, 0.15) is 50.8 Å². The largest absolute Gasteiger partial charge is 0.331 e. The quantitative estimate of drug-likeness (QED) is 0.884. The zero-order valence-electron chi connectivity index (χ0n) is 13.7. The number of aryl methyl sites for hydroxylation is 1. The Labute approximate surface area is 136 Å². The summed E-state index contributed by atoms with van der Waals surface area (Å²) < 4.78 is 1.97. The van der Waals surface area contributed by atoms with Gasteiger partial charge in [0.2, 0.25) is 5.91 Å². The van der Waals surface area contributed by atoms with Gasteiger partial charge in [-0.25, -0.2) is 10.4 Å². The molecule has 0 bridgehead atoms. The number of imidazole rings is 1. The summed E-state index contributed by atoms with van der Waals surface area (Å²) >= 11 is 0. The third-order valence-corrected chi connectivity index (χ3v) is 4.47. The van der Waals surface area contributed by atoms with Crippen LogP contribution in [0.25, 0.3) is 11.0 Å². The van der Waals surface area contributed by atoms with Crippen molar-refractivity contribution in [2.45, 2.75) is 51.4 Å². The number of hydrogen-bond acceptors (Lipinski definition) is 3. The molecule has 5 heteroatoms. The van der Waals surface area contributed by atoms with Crippen molar-refractivity contribution in [3.05, 3.63) is 30.1 Å². The third-order valence-electron chi connectivity index (χ3n) is 4.47. The van der Waals surface area contributed by atoms with E-state index >= 15 is 0 Å². The highest BCUT2D eigenvalue weighted by atomic mass is 16.2. The van der Waals surface area contributed by atoms with Gasteiger partial charge >= 0.3 is 0 Å². The average molecular weight is 312 g/mol. The van der Waals surface area contributed by atoms with Crippen molar-refractivity contribution in [3.63, 3.8) is 0 Å². The van der Waals surface area contributed by atoms with Gasteiger partial charge in [0.15, 0.2) is 0 Å². The Morgan fingerprint density at radius 1 is 1.17 bits per heavy atom. The molecule has 23 heavy (non-hydrogen) atoms. The molecule has 1 aromatic carbocycles. The molecule has 1 heterocycles. The van der Waals surface area contributed by atoms with Crippen molar-refractivity contribution in [1.29, 1.82) is 0 Å². The first kappa shape index (κ1) is 15.7. The smallest absolute Gasteiger partial charge is 0.247 e. The maximum absolute atomic E-state index is 12.2. The number of fused-ring (bicyclic) bond motifs is 1. The number of nitrogens with zero attached hydrogens (tertiary/aromatic N) is 3. The highest BCUT2D eigenvalue weighted by Crippen LogP contribution is 2.15. The zero-order chi connectivity index (χ0) is 16.1. The van der Waals surface area contributed by atoms with Gasteiger partial charge in [0.25, 0.3) is 0 Å². The number of carbonyl (C=O) groups excluding carboxylic acids is 1. The van der Waals surface area contributed by atoms with Gasteiger partial charge in [-0.15, -0.1) is 0 Å².